The molecule has 0 aliphatic carbocycles. The van der Waals surface area contributed by atoms with Crippen LogP contribution in [0, 0.1) is 0 Å². The second kappa shape index (κ2) is 6.64. The lowest BCUT2D eigenvalue weighted by Gasteiger charge is -2.17. The lowest BCUT2D eigenvalue weighted by molar-refractivity contribution is 0.584. The van der Waals surface area contributed by atoms with Gasteiger partial charge in [0.2, 0.25) is 10.0 Å². The Morgan fingerprint density at radius 1 is 1.24 bits per heavy atom. The van der Waals surface area contributed by atoms with Crippen LogP contribution in [0.1, 0.15) is 25.6 Å². The number of hydrogen-bond donors (Lipinski definition) is 2. The zero-order valence-corrected chi connectivity index (χ0v) is 12.8. The molecule has 2 aromatic rings. The summed E-state index contributed by atoms with van der Waals surface area (Å²) in [5.41, 5.74) is 1.28. The molecule has 2 N–H and O–H groups in total. The molecule has 1 aromatic heterocycles. The van der Waals surface area contributed by atoms with Crippen molar-refractivity contribution in [3.8, 4) is 0 Å². The van der Waals surface area contributed by atoms with Gasteiger partial charge in [-0.3, -0.25) is 9.97 Å². The third-order valence-corrected chi connectivity index (χ3v) is 4.51. The van der Waals surface area contributed by atoms with Gasteiger partial charge in [-0.1, -0.05) is 19.1 Å². The number of rotatable bonds is 6. The van der Waals surface area contributed by atoms with Gasteiger partial charge >= 0.3 is 0 Å². The normalized spacial score (nSPS) is 12.9. The van der Waals surface area contributed by atoms with Crippen molar-refractivity contribution in [2.75, 3.05) is 11.9 Å². The Balaban J connectivity index is 2.29. The van der Waals surface area contributed by atoms with Crippen LogP contribution in [0.2, 0.25) is 0 Å². The fraction of sp³-hybridized carbons (Fsp3) is 0.286. The largest absolute Gasteiger partial charge is 0.376 e. The SMILES string of the molecule is CCNS(=O)(=O)c1ccccc1NC(C)c1cnccn1. The van der Waals surface area contributed by atoms with Gasteiger partial charge in [-0.15, -0.1) is 0 Å². The van der Waals surface area contributed by atoms with Gasteiger partial charge in [0.25, 0.3) is 0 Å². The number of nitrogens with one attached hydrogen (secondary N) is 2. The summed E-state index contributed by atoms with van der Waals surface area (Å²) >= 11 is 0. The Morgan fingerprint density at radius 2 is 2.00 bits per heavy atom. The Hall–Kier alpha value is -1.99. The van der Waals surface area contributed by atoms with Crippen LogP contribution in [-0.4, -0.2) is 24.9 Å². The summed E-state index contributed by atoms with van der Waals surface area (Å²) < 4.78 is 26.9. The number of anilines is 1. The fourth-order valence-electron chi connectivity index (χ4n) is 1.93. The summed E-state index contributed by atoms with van der Waals surface area (Å²) in [6, 6.07) is 6.64. The van der Waals surface area contributed by atoms with E-state index in [1.807, 2.05) is 6.92 Å². The standard InChI is InChI=1S/C14H18N4O2S/c1-3-17-21(19,20)14-7-5-4-6-12(14)18-11(2)13-10-15-8-9-16-13/h4-11,17-18H,3H2,1-2H3. The summed E-state index contributed by atoms with van der Waals surface area (Å²) in [5, 5.41) is 3.17. The van der Waals surface area contributed by atoms with Crippen LogP contribution >= 0.6 is 0 Å². The van der Waals surface area contributed by atoms with E-state index >= 15 is 0 Å². The smallest absolute Gasteiger partial charge is 0.242 e. The molecule has 0 saturated heterocycles. The zero-order chi connectivity index (χ0) is 15.3. The van der Waals surface area contributed by atoms with E-state index in [9.17, 15) is 8.42 Å². The molecule has 2 rings (SSSR count). The van der Waals surface area contributed by atoms with E-state index in [0.29, 0.717) is 12.2 Å². The molecule has 0 amide bonds. The fourth-order valence-corrected chi connectivity index (χ4v) is 3.14. The van der Waals surface area contributed by atoms with Crippen molar-refractivity contribution in [3.63, 3.8) is 0 Å². The topological polar surface area (TPSA) is 84.0 Å². The third-order valence-electron chi connectivity index (χ3n) is 2.91. The van der Waals surface area contributed by atoms with Crippen LogP contribution in [0.3, 0.4) is 0 Å². The number of benzene rings is 1. The van der Waals surface area contributed by atoms with Gasteiger partial charge in [-0.2, -0.15) is 0 Å². The van der Waals surface area contributed by atoms with Crippen LogP contribution in [0.4, 0.5) is 5.69 Å². The van der Waals surface area contributed by atoms with Crippen molar-refractivity contribution in [2.24, 2.45) is 0 Å². The molecule has 1 aromatic carbocycles. The van der Waals surface area contributed by atoms with Crippen LogP contribution in [0.5, 0.6) is 0 Å². The molecule has 0 spiro atoms. The van der Waals surface area contributed by atoms with Gasteiger partial charge in [0.1, 0.15) is 4.90 Å². The van der Waals surface area contributed by atoms with Crippen LogP contribution in [-0.2, 0) is 10.0 Å². The van der Waals surface area contributed by atoms with Gasteiger partial charge in [0, 0.05) is 18.9 Å². The minimum atomic E-state index is -3.52. The summed E-state index contributed by atoms with van der Waals surface area (Å²) in [6.45, 7) is 3.99. The van der Waals surface area contributed by atoms with Gasteiger partial charge in [0.05, 0.1) is 23.6 Å². The molecular formula is C14H18N4O2S. The first-order valence-electron chi connectivity index (χ1n) is 6.65. The Labute approximate surface area is 124 Å². The van der Waals surface area contributed by atoms with E-state index in [4.69, 9.17) is 0 Å². The van der Waals surface area contributed by atoms with Gasteiger partial charge < -0.3 is 5.32 Å². The first-order chi connectivity index (χ1) is 10.0. The maximum Gasteiger partial charge on any atom is 0.242 e. The van der Waals surface area contributed by atoms with Crippen LogP contribution in [0.25, 0.3) is 0 Å². The predicted octanol–water partition coefficient (Wildman–Crippen LogP) is 1.95. The highest BCUT2D eigenvalue weighted by molar-refractivity contribution is 7.89. The van der Waals surface area contributed by atoms with Gasteiger partial charge in [-0.25, -0.2) is 13.1 Å². The Bertz CT molecular complexity index is 689. The van der Waals surface area contributed by atoms with Crippen molar-refractivity contribution in [2.45, 2.75) is 24.8 Å². The lowest BCUT2D eigenvalue weighted by Crippen LogP contribution is -2.24. The molecule has 1 heterocycles. The second-order valence-corrected chi connectivity index (χ2v) is 6.23. The highest BCUT2D eigenvalue weighted by Crippen LogP contribution is 2.24. The molecule has 112 valence electrons. The monoisotopic (exact) mass is 306 g/mol. The van der Waals surface area contributed by atoms with E-state index < -0.39 is 10.0 Å². The molecule has 0 aliphatic rings. The number of para-hydroxylation sites is 1. The maximum atomic E-state index is 12.2. The average molecular weight is 306 g/mol. The summed E-state index contributed by atoms with van der Waals surface area (Å²) in [6.07, 6.45) is 4.85. The van der Waals surface area contributed by atoms with Crippen molar-refractivity contribution >= 4 is 15.7 Å². The number of aromatic nitrogens is 2. The molecule has 0 saturated carbocycles. The molecule has 0 fully saturated rings. The Kier molecular flexibility index (Phi) is 4.87. The van der Waals surface area contributed by atoms with Crippen molar-refractivity contribution in [3.05, 3.63) is 48.5 Å². The number of hydrogen-bond acceptors (Lipinski definition) is 5. The molecule has 0 bridgehead atoms. The second-order valence-electron chi connectivity index (χ2n) is 4.49. The molecule has 0 radical (unpaired) electrons. The highest BCUT2D eigenvalue weighted by Gasteiger charge is 2.18. The highest BCUT2D eigenvalue weighted by atomic mass is 32.2. The summed E-state index contributed by atoms with van der Waals surface area (Å²) in [4.78, 5) is 8.45. The maximum absolute atomic E-state index is 12.2. The van der Waals surface area contributed by atoms with Crippen LogP contribution in [0.15, 0.2) is 47.8 Å². The summed E-state index contributed by atoms with van der Waals surface area (Å²) in [5.74, 6) is 0. The first-order valence-corrected chi connectivity index (χ1v) is 8.14. The van der Waals surface area contributed by atoms with E-state index in [0.717, 1.165) is 5.69 Å². The molecule has 6 nitrogen and oxygen atoms in total. The zero-order valence-electron chi connectivity index (χ0n) is 11.9. The van der Waals surface area contributed by atoms with E-state index in [1.54, 1.807) is 49.8 Å². The molecule has 1 atom stereocenters. The molecular weight excluding hydrogens is 288 g/mol. The van der Waals surface area contributed by atoms with E-state index in [2.05, 4.69) is 20.0 Å². The van der Waals surface area contributed by atoms with E-state index in [1.165, 1.54) is 0 Å². The Morgan fingerprint density at radius 3 is 2.67 bits per heavy atom. The number of nitrogens with zero attached hydrogens (tertiary/aromatic N) is 2. The minimum Gasteiger partial charge on any atom is -0.376 e. The average Bonchev–Trinajstić information content (AvgIpc) is 2.48. The quantitative estimate of drug-likeness (QED) is 0.852. The minimum absolute atomic E-state index is 0.156. The van der Waals surface area contributed by atoms with Crippen molar-refractivity contribution in [1.29, 1.82) is 0 Å². The predicted molar refractivity (Wildman–Crippen MR) is 81.4 cm³/mol. The molecule has 1 unspecified atom stereocenters. The van der Waals surface area contributed by atoms with Gasteiger partial charge in [-0.05, 0) is 19.1 Å². The number of sulfonamides is 1. The molecule has 21 heavy (non-hydrogen) atoms. The molecule has 7 heteroatoms. The third kappa shape index (κ3) is 3.77. The van der Waals surface area contributed by atoms with Crippen molar-refractivity contribution < 1.29 is 8.42 Å². The van der Waals surface area contributed by atoms with E-state index in [-0.39, 0.29) is 10.9 Å². The van der Waals surface area contributed by atoms with Crippen LogP contribution < -0.4 is 10.0 Å². The van der Waals surface area contributed by atoms with Gasteiger partial charge in [0.15, 0.2) is 0 Å². The lowest BCUT2D eigenvalue weighted by atomic mass is 10.2. The first kappa shape index (κ1) is 15.4. The summed E-state index contributed by atoms with van der Waals surface area (Å²) in [7, 11) is -3.52. The van der Waals surface area contributed by atoms with Crippen molar-refractivity contribution in [1.82, 2.24) is 14.7 Å². The molecule has 0 aliphatic heterocycles.